The van der Waals surface area contributed by atoms with E-state index in [0.29, 0.717) is 12.3 Å². The molecule has 1 aromatic heterocycles. The normalized spacial score (nSPS) is 13.7. The van der Waals surface area contributed by atoms with Gasteiger partial charge in [0.1, 0.15) is 0 Å². The van der Waals surface area contributed by atoms with Crippen molar-refractivity contribution in [1.29, 1.82) is 0 Å². The highest BCUT2D eigenvalue weighted by Crippen LogP contribution is 2.37. The average Bonchev–Trinajstić information content (AvgIpc) is 3.31. The fourth-order valence-electron chi connectivity index (χ4n) is 3.90. The van der Waals surface area contributed by atoms with Crippen LogP contribution in [0.25, 0.3) is 0 Å². The Hall–Kier alpha value is -3.54. The quantitative estimate of drug-likeness (QED) is 0.525. The zero-order chi connectivity index (χ0) is 21.6. The number of aromatic nitrogens is 1. The fraction of sp³-hybridized carbons (Fsp3) is 0.280. The average molecular weight is 418 g/mol. The van der Waals surface area contributed by atoms with Gasteiger partial charge in [0.25, 0.3) is 0 Å². The molecule has 1 aliphatic carbocycles. The molecule has 0 unspecified atom stereocenters. The van der Waals surface area contributed by atoms with Gasteiger partial charge < -0.3 is 19.5 Å². The topological polar surface area (TPSA) is 71.9 Å². The number of benzene rings is 2. The second kappa shape index (κ2) is 9.51. The molecule has 0 amide bonds. The summed E-state index contributed by atoms with van der Waals surface area (Å²) in [5.74, 6) is 0.491. The number of hydrogen-bond donors (Lipinski definition) is 1. The molecule has 1 heterocycles. The highest BCUT2D eigenvalue weighted by Gasteiger charge is 2.20. The summed E-state index contributed by atoms with van der Waals surface area (Å²) in [7, 11) is 1.65. The molecular formula is C25H26N2O4. The zero-order valence-corrected chi connectivity index (χ0v) is 17.5. The Kier molecular flexibility index (Phi) is 6.36. The van der Waals surface area contributed by atoms with E-state index in [1.54, 1.807) is 25.4 Å². The molecule has 6 heteroatoms. The molecule has 0 bridgehead atoms. The van der Waals surface area contributed by atoms with Crippen molar-refractivity contribution in [2.24, 2.45) is 0 Å². The number of anilines is 2. The van der Waals surface area contributed by atoms with E-state index in [0.717, 1.165) is 35.5 Å². The third-order valence-corrected chi connectivity index (χ3v) is 5.54. The third-order valence-electron chi connectivity index (χ3n) is 5.54. The van der Waals surface area contributed by atoms with Gasteiger partial charge in [-0.3, -0.25) is 4.98 Å². The summed E-state index contributed by atoms with van der Waals surface area (Å²) >= 11 is 0. The summed E-state index contributed by atoms with van der Waals surface area (Å²) in [4.78, 5) is 17.6. The smallest absolute Gasteiger partial charge is 0.335 e. The van der Waals surface area contributed by atoms with Crippen LogP contribution in [-0.4, -0.2) is 29.3 Å². The largest absolute Gasteiger partial charge is 0.493 e. The second-order valence-electron chi connectivity index (χ2n) is 7.66. The van der Waals surface area contributed by atoms with Crippen LogP contribution in [0.1, 0.15) is 41.6 Å². The van der Waals surface area contributed by atoms with E-state index < -0.39 is 5.97 Å². The monoisotopic (exact) mass is 418 g/mol. The van der Waals surface area contributed by atoms with Crippen LogP contribution < -0.4 is 14.4 Å². The van der Waals surface area contributed by atoms with Gasteiger partial charge in [0.15, 0.2) is 11.5 Å². The lowest BCUT2D eigenvalue weighted by Gasteiger charge is -2.27. The number of methoxy groups -OCH3 is 1. The van der Waals surface area contributed by atoms with Crippen molar-refractivity contribution in [3.05, 3.63) is 78.1 Å². The number of carboxylic acid groups (broad SMARTS) is 1. The summed E-state index contributed by atoms with van der Waals surface area (Å²) in [6.07, 6.45) is 8.29. The van der Waals surface area contributed by atoms with Crippen LogP contribution in [0.2, 0.25) is 0 Å². The molecule has 0 radical (unpaired) electrons. The van der Waals surface area contributed by atoms with E-state index in [9.17, 15) is 9.90 Å². The van der Waals surface area contributed by atoms with E-state index >= 15 is 0 Å². The maximum Gasteiger partial charge on any atom is 0.335 e. The number of pyridine rings is 1. The first-order chi connectivity index (χ1) is 15.1. The molecule has 6 nitrogen and oxygen atoms in total. The molecule has 2 aromatic carbocycles. The minimum atomic E-state index is -0.943. The van der Waals surface area contributed by atoms with Gasteiger partial charge in [-0.25, -0.2) is 4.79 Å². The van der Waals surface area contributed by atoms with Crippen molar-refractivity contribution in [3.63, 3.8) is 0 Å². The van der Waals surface area contributed by atoms with Crippen LogP contribution in [0.15, 0.2) is 67.0 Å². The summed E-state index contributed by atoms with van der Waals surface area (Å²) < 4.78 is 11.8. The predicted octanol–water partition coefficient (Wildman–Crippen LogP) is 5.45. The van der Waals surface area contributed by atoms with Crippen LogP contribution in [0.4, 0.5) is 11.4 Å². The van der Waals surface area contributed by atoms with E-state index in [1.165, 1.54) is 12.8 Å². The Morgan fingerprint density at radius 2 is 1.81 bits per heavy atom. The third kappa shape index (κ3) is 4.97. The van der Waals surface area contributed by atoms with Crippen LogP contribution in [-0.2, 0) is 6.54 Å². The van der Waals surface area contributed by atoms with E-state index in [1.807, 2.05) is 48.7 Å². The Balaban J connectivity index is 1.70. The van der Waals surface area contributed by atoms with Gasteiger partial charge in [-0.2, -0.15) is 0 Å². The van der Waals surface area contributed by atoms with Crippen molar-refractivity contribution in [3.8, 4) is 11.5 Å². The Morgan fingerprint density at radius 3 is 2.45 bits per heavy atom. The SMILES string of the molecule is COc1ccc(N(Cc2cccnc2)c2ccc(C(=O)O)cc2)cc1OC1CCCC1. The predicted molar refractivity (Wildman–Crippen MR) is 119 cm³/mol. The molecule has 1 aliphatic rings. The lowest BCUT2D eigenvalue weighted by molar-refractivity contribution is 0.0697. The van der Waals surface area contributed by atoms with E-state index in [-0.39, 0.29) is 11.7 Å². The molecule has 3 aromatic rings. The number of carboxylic acids is 1. The highest BCUT2D eigenvalue weighted by atomic mass is 16.5. The standard InChI is InChI=1S/C25H26N2O4/c1-30-23-13-12-21(15-24(23)31-22-6-2-3-7-22)27(17-18-5-4-14-26-16-18)20-10-8-19(9-11-20)25(28)29/h4-5,8-16,22H,2-3,6-7,17H2,1H3,(H,28,29). The van der Waals surface area contributed by atoms with E-state index in [4.69, 9.17) is 9.47 Å². The molecule has 160 valence electrons. The first-order valence-electron chi connectivity index (χ1n) is 10.5. The van der Waals surface area contributed by atoms with E-state index in [2.05, 4.69) is 9.88 Å². The summed E-state index contributed by atoms with van der Waals surface area (Å²) in [5.41, 5.74) is 3.11. The molecule has 4 rings (SSSR count). The van der Waals surface area contributed by atoms with Crippen LogP contribution in [0, 0.1) is 0 Å². The molecule has 0 atom stereocenters. The first kappa shape index (κ1) is 20.7. The minimum Gasteiger partial charge on any atom is -0.493 e. The summed E-state index contributed by atoms with van der Waals surface area (Å²) in [6.45, 7) is 0.579. The lowest BCUT2D eigenvalue weighted by atomic mass is 10.1. The van der Waals surface area contributed by atoms with Gasteiger partial charge in [-0.15, -0.1) is 0 Å². The van der Waals surface area contributed by atoms with Crippen LogP contribution >= 0.6 is 0 Å². The number of hydrogen-bond acceptors (Lipinski definition) is 5. The van der Waals surface area contributed by atoms with Crippen LogP contribution in [0.3, 0.4) is 0 Å². The van der Waals surface area contributed by atoms with Gasteiger partial charge >= 0.3 is 5.97 Å². The maximum absolute atomic E-state index is 11.3. The van der Waals surface area contributed by atoms with Crippen molar-refractivity contribution >= 4 is 17.3 Å². The Bertz CT molecular complexity index is 1020. The van der Waals surface area contributed by atoms with Crippen molar-refractivity contribution in [2.75, 3.05) is 12.0 Å². The van der Waals surface area contributed by atoms with Gasteiger partial charge in [-0.05, 0) is 73.7 Å². The maximum atomic E-state index is 11.3. The zero-order valence-electron chi connectivity index (χ0n) is 17.5. The van der Waals surface area contributed by atoms with Gasteiger partial charge in [-0.1, -0.05) is 6.07 Å². The summed E-state index contributed by atoms with van der Waals surface area (Å²) in [6, 6.07) is 16.7. The van der Waals surface area contributed by atoms with Crippen molar-refractivity contribution in [2.45, 2.75) is 38.3 Å². The number of nitrogens with zero attached hydrogens (tertiary/aromatic N) is 2. The lowest BCUT2D eigenvalue weighted by Crippen LogP contribution is -2.17. The number of aromatic carboxylic acids is 1. The van der Waals surface area contributed by atoms with Crippen molar-refractivity contribution in [1.82, 2.24) is 4.98 Å². The molecule has 31 heavy (non-hydrogen) atoms. The Morgan fingerprint density at radius 1 is 1.06 bits per heavy atom. The minimum absolute atomic E-state index is 0.214. The number of carbonyl (C=O) groups is 1. The highest BCUT2D eigenvalue weighted by molar-refractivity contribution is 5.88. The number of rotatable bonds is 8. The second-order valence-corrected chi connectivity index (χ2v) is 7.66. The van der Waals surface area contributed by atoms with Crippen molar-refractivity contribution < 1.29 is 19.4 Å². The first-order valence-corrected chi connectivity index (χ1v) is 10.5. The number of ether oxygens (including phenoxy) is 2. The van der Waals surface area contributed by atoms with Crippen LogP contribution in [0.5, 0.6) is 11.5 Å². The van der Waals surface area contributed by atoms with Gasteiger partial charge in [0.2, 0.25) is 0 Å². The molecule has 0 saturated heterocycles. The Labute approximate surface area is 182 Å². The summed E-state index contributed by atoms with van der Waals surface area (Å²) in [5, 5.41) is 9.24. The molecular weight excluding hydrogens is 392 g/mol. The molecule has 0 aliphatic heterocycles. The molecule has 1 fully saturated rings. The van der Waals surface area contributed by atoms with Gasteiger partial charge in [0.05, 0.1) is 18.8 Å². The fourth-order valence-corrected chi connectivity index (χ4v) is 3.90. The molecule has 0 spiro atoms. The molecule has 1 N–H and O–H groups in total. The molecule has 1 saturated carbocycles. The van der Waals surface area contributed by atoms with Gasteiger partial charge in [0, 0.05) is 36.4 Å².